The Hall–Kier alpha value is -1.59. The van der Waals surface area contributed by atoms with Gasteiger partial charge in [-0.25, -0.2) is 0 Å². The van der Waals surface area contributed by atoms with Gasteiger partial charge >= 0.3 is 0 Å². The first-order chi connectivity index (χ1) is 8.69. The molecule has 0 radical (unpaired) electrons. The molecule has 2 aromatic rings. The van der Waals surface area contributed by atoms with Gasteiger partial charge in [0.15, 0.2) is 6.61 Å². The Balaban J connectivity index is 1.94. The number of hydrogen-bond donors (Lipinski definition) is 1. The summed E-state index contributed by atoms with van der Waals surface area (Å²) >= 11 is 5.77. The summed E-state index contributed by atoms with van der Waals surface area (Å²) in [5, 5.41) is 8.40. The zero-order chi connectivity index (χ0) is 13.0. The molecule has 0 bridgehead atoms. The first-order valence-electron chi connectivity index (χ1n) is 5.65. The fourth-order valence-corrected chi connectivity index (χ4v) is 1.45. The monoisotopic (exact) mass is 267 g/mol. The summed E-state index contributed by atoms with van der Waals surface area (Å²) in [4.78, 5) is 0. The molecule has 1 atom stereocenters. The molecule has 0 saturated carbocycles. The standard InChI is InChI=1S/C12H14ClN3O2/c1-2-10(14)12-16-15-11(18-12)7-17-9-5-3-8(13)4-6-9/h3-6,10H,2,7,14H2,1H3. The highest BCUT2D eigenvalue weighted by atomic mass is 35.5. The van der Waals surface area contributed by atoms with Crippen molar-refractivity contribution in [2.45, 2.75) is 26.0 Å². The van der Waals surface area contributed by atoms with Gasteiger partial charge in [0.2, 0.25) is 5.89 Å². The summed E-state index contributed by atoms with van der Waals surface area (Å²) in [6.45, 7) is 2.17. The average molecular weight is 268 g/mol. The van der Waals surface area contributed by atoms with Crippen LogP contribution in [0.4, 0.5) is 0 Å². The Morgan fingerprint density at radius 2 is 2.06 bits per heavy atom. The number of rotatable bonds is 5. The predicted molar refractivity (Wildman–Crippen MR) is 67.3 cm³/mol. The number of hydrogen-bond acceptors (Lipinski definition) is 5. The largest absolute Gasteiger partial charge is 0.484 e. The van der Waals surface area contributed by atoms with Gasteiger partial charge in [0.25, 0.3) is 5.89 Å². The van der Waals surface area contributed by atoms with Crippen molar-refractivity contribution in [3.63, 3.8) is 0 Å². The minimum atomic E-state index is -0.221. The highest BCUT2D eigenvalue weighted by molar-refractivity contribution is 6.30. The molecule has 5 nitrogen and oxygen atoms in total. The second-order valence-corrected chi connectivity index (χ2v) is 4.23. The van der Waals surface area contributed by atoms with Crippen molar-refractivity contribution in [2.75, 3.05) is 0 Å². The van der Waals surface area contributed by atoms with Crippen LogP contribution in [0.25, 0.3) is 0 Å². The Morgan fingerprint density at radius 1 is 1.33 bits per heavy atom. The van der Waals surface area contributed by atoms with Crippen molar-refractivity contribution < 1.29 is 9.15 Å². The lowest BCUT2D eigenvalue weighted by Gasteiger charge is -2.03. The summed E-state index contributed by atoms with van der Waals surface area (Å²) in [6.07, 6.45) is 0.750. The number of ether oxygens (including phenoxy) is 1. The van der Waals surface area contributed by atoms with E-state index in [0.29, 0.717) is 22.6 Å². The zero-order valence-corrected chi connectivity index (χ0v) is 10.7. The van der Waals surface area contributed by atoms with E-state index >= 15 is 0 Å². The van der Waals surface area contributed by atoms with E-state index in [4.69, 9.17) is 26.5 Å². The summed E-state index contributed by atoms with van der Waals surface area (Å²) in [5.74, 6) is 1.54. The lowest BCUT2D eigenvalue weighted by atomic mass is 10.2. The molecule has 1 aromatic heterocycles. The van der Waals surface area contributed by atoms with Gasteiger partial charge in [-0.1, -0.05) is 18.5 Å². The summed E-state index contributed by atoms with van der Waals surface area (Å²) in [7, 11) is 0. The van der Waals surface area contributed by atoms with Crippen molar-refractivity contribution in [2.24, 2.45) is 5.73 Å². The van der Waals surface area contributed by atoms with Crippen molar-refractivity contribution in [1.82, 2.24) is 10.2 Å². The molecule has 0 fully saturated rings. The predicted octanol–water partition coefficient (Wildman–Crippen LogP) is 2.71. The van der Waals surface area contributed by atoms with E-state index in [-0.39, 0.29) is 12.6 Å². The van der Waals surface area contributed by atoms with E-state index in [1.807, 2.05) is 6.92 Å². The molecule has 0 spiro atoms. The highest BCUT2D eigenvalue weighted by Gasteiger charge is 2.12. The van der Waals surface area contributed by atoms with E-state index in [9.17, 15) is 0 Å². The average Bonchev–Trinajstić information content (AvgIpc) is 2.86. The lowest BCUT2D eigenvalue weighted by Crippen LogP contribution is -2.08. The second-order valence-electron chi connectivity index (χ2n) is 3.79. The van der Waals surface area contributed by atoms with Crippen LogP contribution in [0.5, 0.6) is 5.75 Å². The molecule has 6 heteroatoms. The Labute approximate surface area is 110 Å². The van der Waals surface area contributed by atoms with E-state index in [1.165, 1.54) is 0 Å². The number of benzene rings is 1. The van der Waals surface area contributed by atoms with E-state index in [2.05, 4.69) is 10.2 Å². The molecule has 2 N–H and O–H groups in total. The number of nitrogens with two attached hydrogens (primary N) is 1. The van der Waals surface area contributed by atoms with Crippen LogP contribution < -0.4 is 10.5 Å². The summed E-state index contributed by atoms with van der Waals surface area (Å²) in [5.41, 5.74) is 5.78. The molecule has 96 valence electrons. The quantitative estimate of drug-likeness (QED) is 0.901. The van der Waals surface area contributed by atoms with Crippen molar-refractivity contribution >= 4 is 11.6 Å². The SMILES string of the molecule is CCC(N)c1nnc(COc2ccc(Cl)cc2)o1. The second kappa shape index (κ2) is 5.84. The molecule has 0 aliphatic rings. The Morgan fingerprint density at radius 3 is 2.72 bits per heavy atom. The normalized spacial score (nSPS) is 12.4. The first-order valence-corrected chi connectivity index (χ1v) is 6.03. The van der Waals surface area contributed by atoms with E-state index < -0.39 is 0 Å². The maximum atomic E-state index is 5.78. The molecule has 18 heavy (non-hydrogen) atoms. The molecule has 2 rings (SSSR count). The van der Waals surface area contributed by atoms with E-state index in [0.717, 1.165) is 6.42 Å². The van der Waals surface area contributed by atoms with Crippen LogP contribution >= 0.6 is 11.6 Å². The molecule has 1 aromatic carbocycles. The fourth-order valence-electron chi connectivity index (χ4n) is 1.33. The van der Waals surface area contributed by atoms with Crippen molar-refractivity contribution in [1.29, 1.82) is 0 Å². The number of aromatic nitrogens is 2. The van der Waals surface area contributed by atoms with Crippen LogP contribution in [0.1, 0.15) is 31.2 Å². The van der Waals surface area contributed by atoms with Gasteiger partial charge in [-0.2, -0.15) is 0 Å². The molecular formula is C12H14ClN3O2. The van der Waals surface area contributed by atoms with Gasteiger partial charge in [0.05, 0.1) is 6.04 Å². The van der Waals surface area contributed by atoms with Crippen LogP contribution in [0.2, 0.25) is 5.02 Å². The molecule has 0 amide bonds. The van der Waals surface area contributed by atoms with Crippen LogP contribution in [0.3, 0.4) is 0 Å². The van der Waals surface area contributed by atoms with Crippen molar-refractivity contribution in [3.05, 3.63) is 41.1 Å². The molecule has 1 unspecified atom stereocenters. The van der Waals surface area contributed by atoms with Gasteiger partial charge < -0.3 is 14.9 Å². The molecular weight excluding hydrogens is 254 g/mol. The molecule has 1 heterocycles. The van der Waals surface area contributed by atoms with Gasteiger partial charge in [-0.05, 0) is 30.7 Å². The molecule has 0 aliphatic heterocycles. The minimum Gasteiger partial charge on any atom is -0.484 e. The zero-order valence-electron chi connectivity index (χ0n) is 9.97. The van der Waals surface area contributed by atoms with Gasteiger partial charge in [0, 0.05) is 5.02 Å². The third-order valence-corrected chi connectivity index (χ3v) is 2.67. The van der Waals surface area contributed by atoms with Gasteiger partial charge in [-0.3, -0.25) is 0 Å². The molecule has 0 aliphatic carbocycles. The fraction of sp³-hybridized carbons (Fsp3) is 0.333. The highest BCUT2D eigenvalue weighted by Crippen LogP contribution is 2.17. The smallest absolute Gasteiger partial charge is 0.253 e. The Kier molecular flexibility index (Phi) is 4.17. The third-order valence-electron chi connectivity index (χ3n) is 2.42. The minimum absolute atomic E-state index is 0.213. The maximum absolute atomic E-state index is 5.78. The Bertz CT molecular complexity index is 498. The number of nitrogens with zero attached hydrogens (tertiary/aromatic N) is 2. The third kappa shape index (κ3) is 3.21. The first kappa shape index (κ1) is 12.9. The van der Waals surface area contributed by atoms with Crippen LogP contribution in [-0.4, -0.2) is 10.2 Å². The maximum Gasteiger partial charge on any atom is 0.253 e. The van der Waals surface area contributed by atoms with Crippen LogP contribution in [-0.2, 0) is 6.61 Å². The summed E-state index contributed by atoms with van der Waals surface area (Å²) in [6, 6.07) is 6.84. The summed E-state index contributed by atoms with van der Waals surface area (Å²) < 4.78 is 10.9. The van der Waals surface area contributed by atoms with Gasteiger partial charge in [-0.15, -0.1) is 10.2 Å². The van der Waals surface area contributed by atoms with Crippen molar-refractivity contribution in [3.8, 4) is 5.75 Å². The topological polar surface area (TPSA) is 74.2 Å². The van der Waals surface area contributed by atoms with Crippen LogP contribution in [0.15, 0.2) is 28.7 Å². The van der Waals surface area contributed by atoms with E-state index in [1.54, 1.807) is 24.3 Å². The molecule has 0 saturated heterocycles. The lowest BCUT2D eigenvalue weighted by molar-refractivity contribution is 0.256. The van der Waals surface area contributed by atoms with Gasteiger partial charge in [0.1, 0.15) is 5.75 Å². The van der Waals surface area contributed by atoms with Crippen LogP contribution in [0, 0.1) is 0 Å². The number of halogens is 1.